The molecule has 1 saturated heterocycles. The zero-order valence-electron chi connectivity index (χ0n) is 15.3. The van der Waals surface area contributed by atoms with E-state index in [4.69, 9.17) is 5.41 Å². The number of anilines is 1. The molecule has 2 heterocycles. The van der Waals surface area contributed by atoms with E-state index in [1.165, 1.54) is 7.05 Å². The zero-order valence-corrected chi connectivity index (χ0v) is 16.1. The van der Waals surface area contributed by atoms with Gasteiger partial charge in [-0.05, 0) is 43.2 Å². The number of rotatable bonds is 3. The highest BCUT2D eigenvalue weighted by Gasteiger charge is 2.41. The predicted molar refractivity (Wildman–Crippen MR) is 103 cm³/mol. The topological polar surface area (TPSA) is 115 Å². The Morgan fingerprint density at radius 3 is 2.70 bits per heavy atom. The molecular formula is C18H21N5O3S. The summed E-state index contributed by atoms with van der Waals surface area (Å²) in [7, 11) is -2.26. The maximum absolute atomic E-state index is 12.4. The van der Waals surface area contributed by atoms with E-state index in [1.54, 1.807) is 49.5 Å². The van der Waals surface area contributed by atoms with Crippen LogP contribution in [0.2, 0.25) is 0 Å². The Hall–Kier alpha value is -2.94. The molecule has 9 heteroatoms. The lowest BCUT2D eigenvalue weighted by Gasteiger charge is -2.40. The second-order valence-electron chi connectivity index (χ2n) is 6.79. The Balaban J connectivity index is 1.86. The number of hydrogen-bond acceptors (Lipinski definition) is 5. The summed E-state index contributed by atoms with van der Waals surface area (Å²) in [6.45, 7) is 3.60. The van der Waals surface area contributed by atoms with Crippen molar-refractivity contribution in [1.29, 1.82) is 5.41 Å². The van der Waals surface area contributed by atoms with Crippen LogP contribution in [0.3, 0.4) is 0 Å². The van der Waals surface area contributed by atoms with Gasteiger partial charge in [0, 0.05) is 18.9 Å². The van der Waals surface area contributed by atoms with Crippen LogP contribution in [0.25, 0.3) is 0 Å². The van der Waals surface area contributed by atoms with Crippen molar-refractivity contribution in [3.8, 4) is 0 Å². The Morgan fingerprint density at radius 2 is 2.07 bits per heavy atom. The van der Waals surface area contributed by atoms with Crippen LogP contribution in [-0.2, 0) is 15.6 Å². The minimum Gasteiger partial charge on any atom is -0.345 e. The van der Waals surface area contributed by atoms with Crippen molar-refractivity contribution in [3.05, 3.63) is 59.4 Å². The minimum absolute atomic E-state index is 0.193. The van der Waals surface area contributed by atoms with Crippen LogP contribution in [0.1, 0.15) is 28.5 Å². The molecule has 1 aliphatic rings. The van der Waals surface area contributed by atoms with E-state index in [0.717, 1.165) is 9.87 Å². The maximum Gasteiger partial charge on any atom is 0.274 e. The number of pyridine rings is 1. The average molecular weight is 387 g/mol. The number of aromatic nitrogens is 1. The number of guanidine groups is 1. The van der Waals surface area contributed by atoms with Crippen molar-refractivity contribution in [2.24, 2.45) is 0 Å². The van der Waals surface area contributed by atoms with Gasteiger partial charge in [-0.2, -0.15) is 0 Å². The largest absolute Gasteiger partial charge is 0.345 e. The minimum atomic E-state index is -3.60. The third kappa shape index (κ3) is 3.77. The Bertz CT molecular complexity index is 1000. The molecule has 1 amide bonds. The second kappa shape index (κ2) is 6.66. The van der Waals surface area contributed by atoms with Gasteiger partial charge in [0.15, 0.2) is 0 Å². The molecular weight excluding hydrogens is 366 g/mol. The molecule has 0 radical (unpaired) electrons. The van der Waals surface area contributed by atoms with E-state index < -0.39 is 15.6 Å². The van der Waals surface area contributed by atoms with Crippen molar-refractivity contribution in [2.45, 2.75) is 19.4 Å². The SMILES string of the molecule is Cc1ccc(C(=O)Nc2cccc([C@]3(C)CS(=O)(=O)N(C)C(=N)N3)c2)nc1. The van der Waals surface area contributed by atoms with E-state index in [1.807, 2.05) is 6.92 Å². The van der Waals surface area contributed by atoms with Crippen molar-refractivity contribution in [1.82, 2.24) is 14.6 Å². The summed E-state index contributed by atoms with van der Waals surface area (Å²) in [5.74, 6) is -0.744. The normalized spacial score (nSPS) is 21.4. The number of carbonyl (C=O) groups is 1. The van der Waals surface area contributed by atoms with Gasteiger partial charge in [-0.3, -0.25) is 15.2 Å². The summed E-state index contributed by atoms with van der Waals surface area (Å²) in [6.07, 6.45) is 1.62. The monoisotopic (exact) mass is 387 g/mol. The lowest BCUT2D eigenvalue weighted by molar-refractivity contribution is 0.102. The van der Waals surface area contributed by atoms with E-state index >= 15 is 0 Å². The first-order valence-corrected chi connectivity index (χ1v) is 9.89. The molecule has 0 saturated carbocycles. The van der Waals surface area contributed by atoms with Crippen LogP contribution in [0, 0.1) is 12.3 Å². The highest BCUT2D eigenvalue weighted by atomic mass is 32.2. The molecule has 1 atom stereocenters. The number of amides is 1. The first kappa shape index (κ1) is 18.8. The van der Waals surface area contributed by atoms with Crippen LogP contribution < -0.4 is 10.6 Å². The number of nitrogens with zero attached hydrogens (tertiary/aromatic N) is 2. The van der Waals surface area contributed by atoms with Gasteiger partial charge in [0.1, 0.15) is 5.69 Å². The predicted octanol–water partition coefficient (Wildman–Crippen LogP) is 1.66. The standard InChI is InChI=1S/C18H21N5O3S/c1-12-7-8-15(20-10-12)16(24)21-14-6-4-5-13(9-14)18(2)11-27(25,26)23(3)17(19)22-18/h4-10H,11H2,1-3H3,(H2,19,22)(H,21,24)/t18-/m0/s1. The van der Waals surface area contributed by atoms with Gasteiger partial charge < -0.3 is 10.6 Å². The molecule has 3 N–H and O–H groups in total. The summed E-state index contributed by atoms with van der Waals surface area (Å²) in [5, 5.41) is 13.6. The van der Waals surface area contributed by atoms with Crippen LogP contribution in [0.4, 0.5) is 5.69 Å². The smallest absolute Gasteiger partial charge is 0.274 e. The molecule has 1 aliphatic heterocycles. The summed E-state index contributed by atoms with van der Waals surface area (Å²) in [4.78, 5) is 16.5. The zero-order chi connectivity index (χ0) is 19.8. The van der Waals surface area contributed by atoms with Crippen molar-refractivity contribution in [3.63, 3.8) is 0 Å². The summed E-state index contributed by atoms with van der Waals surface area (Å²) < 4.78 is 25.6. The summed E-state index contributed by atoms with van der Waals surface area (Å²) in [5.41, 5.74) is 1.44. The molecule has 8 nitrogen and oxygen atoms in total. The summed E-state index contributed by atoms with van der Waals surface area (Å²) in [6, 6.07) is 10.4. The second-order valence-corrected chi connectivity index (χ2v) is 8.79. The first-order chi connectivity index (χ1) is 12.6. The molecule has 0 spiro atoms. The summed E-state index contributed by atoms with van der Waals surface area (Å²) >= 11 is 0. The van der Waals surface area contributed by atoms with Crippen LogP contribution in [-0.4, -0.2) is 42.4 Å². The molecule has 1 aromatic heterocycles. The van der Waals surface area contributed by atoms with Gasteiger partial charge in [0.2, 0.25) is 16.0 Å². The van der Waals surface area contributed by atoms with E-state index in [9.17, 15) is 13.2 Å². The molecule has 3 rings (SSSR count). The maximum atomic E-state index is 12.4. The van der Waals surface area contributed by atoms with E-state index in [0.29, 0.717) is 16.9 Å². The van der Waals surface area contributed by atoms with Crippen LogP contribution >= 0.6 is 0 Å². The van der Waals surface area contributed by atoms with Crippen LogP contribution in [0.5, 0.6) is 0 Å². The van der Waals surface area contributed by atoms with Crippen LogP contribution in [0.15, 0.2) is 42.6 Å². The van der Waals surface area contributed by atoms with Gasteiger partial charge in [-0.25, -0.2) is 12.7 Å². The fraction of sp³-hybridized carbons (Fsp3) is 0.278. The molecule has 2 aromatic rings. The molecule has 0 unspecified atom stereocenters. The third-order valence-corrected chi connectivity index (χ3v) is 6.46. The Kier molecular flexibility index (Phi) is 4.64. The number of sulfonamides is 1. The average Bonchev–Trinajstić information content (AvgIpc) is 2.60. The van der Waals surface area contributed by atoms with E-state index in [2.05, 4.69) is 15.6 Å². The van der Waals surface area contributed by atoms with Crippen molar-refractivity contribution in [2.75, 3.05) is 18.1 Å². The number of aryl methyl sites for hydroxylation is 1. The van der Waals surface area contributed by atoms with Crippen molar-refractivity contribution >= 4 is 27.6 Å². The lowest BCUT2D eigenvalue weighted by atomic mass is 9.93. The van der Waals surface area contributed by atoms with E-state index in [-0.39, 0.29) is 17.6 Å². The van der Waals surface area contributed by atoms with Gasteiger partial charge in [0.25, 0.3) is 5.91 Å². The highest BCUT2D eigenvalue weighted by Crippen LogP contribution is 2.29. The highest BCUT2D eigenvalue weighted by molar-refractivity contribution is 7.89. The Labute approximate surface area is 158 Å². The quantitative estimate of drug-likeness (QED) is 0.741. The first-order valence-electron chi connectivity index (χ1n) is 8.29. The van der Waals surface area contributed by atoms with Gasteiger partial charge in [0.05, 0.1) is 11.3 Å². The molecule has 0 aliphatic carbocycles. The molecule has 0 bridgehead atoms. The lowest BCUT2D eigenvalue weighted by Crippen LogP contribution is -2.60. The number of carbonyl (C=O) groups excluding carboxylic acids is 1. The molecule has 1 aromatic carbocycles. The third-order valence-electron chi connectivity index (χ3n) is 4.50. The Morgan fingerprint density at radius 1 is 1.33 bits per heavy atom. The number of nitrogens with one attached hydrogen (secondary N) is 3. The van der Waals surface area contributed by atoms with Gasteiger partial charge in [-0.1, -0.05) is 18.2 Å². The number of hydrogen-bond donors (Lipinski definition) is 3. The fourth-order valence-corrected chi connectivity index (χ4v) is 4.36. The fourth-order valence-electron chi connectivity index (χ4n) is 2.87. The molecule has 27 heavy (non-hydrogen) atoms. The molecule has 142 valence electrons. The van der Waals surface area contributed by atoms with Gasteiger partial charge in [-0.15, -0.1) is 0 Å². The number of benzene rings is 1. The van der Waals surface area contributed by atoms with Gasteiger partial charge >= 0.3 is 0 Å². The van der Waals surface area contributed by atoms with Crippen molar-refractivity contribution < 1.29 is 13.2 Å². The molecule has 1 fully saturated rings.